The first kappa shape index (κ1) is 14.7. The summed E-state index contributed by atoms with van der Waals surface area (Å²) in [6.07, 6.45) is 6.54. The predicted molar refractivity (Wildman–Crippen MR) is 89.4 cm³/mol. The number of nitrogens with one attached hydrogen (secondary N) is 2. The fraction of sp³-hybridized carbons (Fsp3) is 0.625. The van der Waals surface area contributed by atoms with E-state index in [1.54, 1.807) is 6.33 Å². The van der Waals surface area contributed by atoms with E-state index in [9.17, 15) is 0 Å². The molecule has 2 N–H and O–H groups in total. The van der Waals surface area contributed by atoms with Crippen molar-refractivity contribution in [3.8, 4) is 0 Å². The minimum Gasteiger partial charge on any atom is -0.369 e. The Labute approximate surface area is 130 Å². The monoisotopic (exact) mass is 305 g/mol. The maximum Gasteiger partial charge on any atom is 0.138 e. The number of hydrogen-bond acceptors (Lipinski definition) is 4. The van der Waals surface area contributed by atoms with Crippen molar-refractivity contribution in [2.75, 3.05) is 32.5 Å². The molecule has 114 valence electrons. The minimum atomic E-state index is 0.804. The van der Waals surface area contributed by atoms with Crippen LogP contribution in [0, 0.1) is 5.92 Å². The summed E-state index contributed by atoms with van der Waals surface area (Å²) in [4.78, 5) is 13.2. The van der Waals surface area contributed by atoms with E-state index >= 15 is 0 Å². The molecule has 2 aromatic heterocycles. The molecule has 0 saturated heterocycles. The van der Waals surface area contributed by atoms with Crippen molar-refractivity contribution in [1.29, 1.82) is 0 Å². The van der Waals surface area contributed by atoms with Crippen molar-refractivity contribution in [3.63, 3.8) is 0 Å². The third kappa shape index (κ3) is 3.19. The predicted octanol–water partition coefficient (Wildman–Crippen LogP) is 1.76. The molecule has 5 heteroatoms. The zero-order valence-electron chi connectivity index (χ0n) is 13.2. The number of fused-ring (bicyclic) bond motifs is 3. The van der Waals surface area contributed by atoms with Gasteiger partial charge in [-0.1, -0.05) is 6.92 Å². The molecule has 0 aromatic carbocycles. The van der Waals surface area contributed by atoms with Gasteiger partial charge >= 0.3 is 0 Å². The zero-order valence-corrected chi connectivity index (χ0v) is 14.0. The summed E-state index contributed by atoms with van der Waals surface area (Å²) >= 11 is 1.87. The van der Waals surface area contributed by atoms with Crippen molar-refractivity contribution < 1.29 is 4.90 Å². The van der Waals surface area contributed by atoms with Gasteiger partial charge in [-0.25, -0.2) is 9.97 Å². The summed E-state index contributed by atoms with van der Waals surface area (Å²) in [5, 5.41) is 4.83. The molecule has 1 aliphatic carbocycles. The van der Waals surface area contributed by atoms with E-state index in [0.717, 1.165) is 29.5 Å². The SMILES string of the molecule is C[C@@H]1CCc2c(sc3ncnc(NCCC[NH+](C)C)c23)C1. The Kier molecular flexibility index (Phi) is 4.40. The number of aromatic nitrogens is 2. The topological polar surface area (TPSA) is 42.2 Å². The lowest BCUT2D eigenvalue weighted by molar-refractivity contribution is -0.858. The van der Waals surface area contributed by atoms with Crippen LogP contribution in [0.1, 0.15) is 30.2 Å². The Balaban J connectivity index is 1.82. The third-order valence-corrected chi connectivity index (χ3v) is 5.40. The van der Waals surface area contributed by atoms with Gasteiger partial charge in [0.25, 0.3) is 0 Å². The standard InChI is InChI=1S/C16H24N4S/c1-11-5-6-12-13(9-11)21-16-14(12)15(18-10-19-16)17-7-4-8-20(2)3/h10-11H,4-9H2,1-3H3,(H,17,18,19)/p+1/t11-/m1/s1. The molecule has 2 heterocycles. The summed E-state index contributed by atoms with van der Waals surface area (Å²) < 4.78 is 0. The Bertz CT molecular complexity index is 620. The Hall–Kier alpha value is -1.20. The highest BCUT2D eigenvalue weighted by Gasteiger charge is 2.22. The second kappa shape index (κ2) is 6.28. The number of hydrogen-bond donors (Lipinski definition) is 2. The molecule has 1 aliphatic rings. The van der Waals surface area contributed by atoms with Crippen molar-refractivity contribution in [2.24, 2.45) is 5.92 Å². The molecule has 0 spiro atoms. The molecule has 0 aliphatic heterocycles. The van der Waals surface area contributed by atoms with Gasteiger partial charge in [-0.2, -0.15) is 0 Å². The first-order chi connectivity index (χ1) is 10.1. The second-order valence-corrected chi connectivity index (χ2v) is 7.58. The number of anilines is 1. The van der Waals surface area contributed by atoms with Crippen molar-refractivity contribution in [2.45, 2.75) is 32.6 Å². The number of rotatable bonds is 5. The molecule has 1 atom stereocenters. The van der Waals surface area contributed by atoms with Crippen LogP contribution in [0.15, 0.2) is 6.33 Å². The second-order valence-electron chi connectivity index (χ2n) is 6.49. The van der Waals surface area contributed by atoms with E-state index in [0.29, 0.717) is 0 Å². The molecule has 0 radical (unpaired) electrons. The average molecular weight is 305 g/mol. The van der Waals surface area contributed by atoms with Gasteiger partial charge in [-0.3, -0.25) is 0 Å². The van der Waals surface area contributed by atoms with Crippen LogP contribution >= 0.6 is 11.3 Å². The Morgan fingerprint density at radius 2 is 2.24 bits per heavy atom. The molecule has 2 aromatic rings. The minimum absolute atomic E-state index is 0.804. The van der Waals surface area contributed by atoms with E-state index < -0.39 is 0 Å². The smallest absolute Gasteiger partial charge is 0.138 e. The lowest BCUT2D eigenvalue weighted by Crippen LogP contribution is -3.05. The number of quaternary nitrogens is 1. The lowest BCUT2D eigenvalue weighted by Gasteiger charge is -2.18. The number of thiophene rings is 1. The summed E-state index contributed by atoms with van der Waals surface area (Å²) in [6.45, 7) is 4.51. The van der Waals surface area contributed by atoms with Gasteiger partial charge in [-0.05, 0) is 30.7 Å². The summed E-state index contributed by atoms with van der Waals surface area (Å²) in [6, 6.07) is 0. The zero-order chi connectivity index (χ0) is 14.8. The maximum absolute atomic E-state index is 4.50. The normalized spacial score (nSPS) is 18.2. The lowest BCUT2D eigenvalue weighted by atomic mass is 9.89. The van der Waals surface area contributed by atoms with Gasteiger partial charge in [-0.15, -0.1) is 11.3 Å². The van der Waals surface area contributed by atoms with E-state index in [4.69, 9.17) is 0 Å². The fourth-order valence-electron chi connectivity index (χ4n) is 3.06. The third-order valence-electron chi connectivity index (χ3n) is 4.24. The van der Waals surface area contributed by atoms with Crippen LogP contribution in [0.5, 0.6) is 0 Å². The van der Waals surface area contributed by atoms with Crippen LogP contribution in [0.4, 0.5) is 5.82 Å². The highest BCUT2D eigenvalue weighted by atomic mass is 32.1. The average Bonchev–Trinajstić information content (AvgIpc) is 2.81. The van der Waals surface area contributed by atoms with E-state index in [-0.39, 0.29) is 0 Å². The van der Waals surface area contributed by atoms with Gasteiger partial charge in [0, 0.05) is 17.8 Å². The first-order valence-corrected chi connectivity index (χ1v) is 8.75. The molecule has 3 rings (SSSR count). The van der Waals surface area contributed by atoms with Gasteiger partial charge in [0.15, 0.2) is 0 Å². The molecule has 0 saturated carbocycles. The molecule has 0 fully saturated rings. The van der Waals surface area contributed by atoms with Crippen LogP contribution in [0.25, 0.3) is 10.2 Å². The van der Waals surface area contributed by atoms with Crippen LogP contribution in [-0.4, -0.2) is 37.2 Å². The van der Waals surface area contributed by atoms with Gasteiger partial charge in [0.05, 0.1) is 26.0 Å². The van der Waals surface area contributed by atoms with E-state index in [1.807, 2.05) is 11.3 Å². The van der Waals surface area contributed by atoms with Crippen LogP contribution in [0.3, 0.4) is 0 Å². The Morgan fingerprint density at radius 3 is 3.05 bits per heavy atom. The van der Waals surface area contributed by atoms with Gasteiger partial charge in [0.2, 0.25) is 0 Å². The molecule has 0 bridgehead atoms. The maximum atomic E-state index is 4.50. The van der Waals surface area contributed by atoms with Gasteiger partial charge < -0.3 is 10.2 Å². The molecule has 0 amide bonds. The quantitative estimate of drug-likeness (QED) is 0.827. The molecule has 4 nitrogen and oxygen atoms in total. The highest BCUT2D eigenvalue weighted by molar-refractivity contribution is 7.19. The fourth-order valence-corrected chi connectivity index (χ4v) is 4.41. The summed E-state index contributed by atoms with van der Waals surface area (Å²) in [5.74, 6) is 1.85. The van der Waals surface area contributed by atoms with E-state index in [1.165, 1.54) is 46.5 Å². The summed E-state index contributed by atoms with van der Waals surface area (Å²) in [5.41, 5.74) is 1.51. The largest absolute Gasteiger partial charge is 0.369 e. The van der Waals surface area contributed by atoms with Gasteiger partial charge in [0.1, 0.15) is 17.0 Å². The molecular formula is C16H25N4S+. The molecule has 0 unspecified atom stereocenters. The van der Waals surface area contributed by atoms with Crippen molar-refractivity contribution in [1.82, 2.24) is 9.97 Å². The highest BCUT2D eigenvalue weighted by Crippen LogP contribution is 2.39. The van der Waals surface area contributed by atoms with E-state index in [2.05, 4.69) is 36.3 Å². The van der Waals surface area contributed by atoms with Crippen LogP contribution in [-0.2, 0) is 12.8 Å². The molecule has 21 heavy (non-hydrogen) atoms. The van der Waals surface area contributed by atoms with Crippen molar-refractivity contribution >= 4 is 27.4 Å². The van der Waals surface area contributed by atoms with Crippen LogP contribution in [0.2, 0.25) is 0 Å². The Morgan fingerprint density at radius 1 is 1.38 bits per heavy atom. The summed E-state index contributed by atoms with van der Waals surface area (Å²) in [7, 11) is 4.39. The number of aryl methyl sites for hydroxylation is 1. The van der Waals surface area contributed by atoms with Crippen molar-refractivity contribution in [3.05, 3.63) is 16.8 Å². The number of nitrogens with zero attached hydrogens (tertiary/aromatic N) is 2. The first-order valence-electron chi connectivity index (χ1n) is 7.93. The van der Waals surface area contributed by atoms with Crippen LogP contribution < -0.4 is 10.2 Å². The molecular weight excluding hydrogens is 280 g/mol.